The lowest BCUT2D eigenvalue weighted by Crippen LogP contribution is -2.45. The number of nitrogens with one attached hydrogen (secondary N) is 4. The molecule has 12 heterocycles. The summed E-state index contributed by atoms with van der Waals surface area (Å²) in [5.41, 5.74) is 20.8. The van der Waals surface area contributed by atoms with Crippen LogP contribution in [0, 0.1) is 0 Å². The molecule has 15 rings (SSSR count). The predicted molar refractivity (Wildman–Crippen MR) is 390 cm³/mol. The maximum absolute atomic E-state index is 5.04. The van der Waals surface area contributed by atoms with Gasteiger partial charge in [0.25, 0.3) is 0 Å². The first-order valence-electron chi connectivity index (χ1n) is 36.0. The highest BCUT2D eigenvalue weighted by atomic mass is 15.3. The average Bonchev–Trinajstić information content (AvgIpc) is 1.54. The summed E-state index contributed by atoms with van der Waals surface area (Å²) in [5, 5.41) is 28.0. The Balaban J connectivity index is 0.000000133. The number of pyridine rings is 3. The first-order valence-corrected chi connectivity index (χ1v) is 36.0. The van der Waals surface area contributed by atoms with Crippen molar-refractivity contribution in [2.75, 3.05) is 106 Å². The Morgan fingerprint density at radius 3 is 1.65 bits per heavy atom. The van der Waals surface area contributed by atoms with Gasteiger partial charge in [-0.05, 0) is 130 Å². The Hall–Kier alpha value is -8.64. The number of rotatable bonds is 16. The van der Waals surface area contributed by atoms with Gasteiger partial charge in [0.05, 0.1) is 81.9 Å². The fraction of sp³-hybridized carbons (Fsp3) is 0.520. The van der Waals surface area contributed by atoms with Crippen molar-refractivity contribution >= 4 is 34.9 Å². The van der Waals surface area contributed by atoms with Crippen LogP contribution in [0.3, 0.4) is 0 Å². The van der Waals surface area contributed by atoms with Crippen LogP contribution in [0.2, 0.25) is 0 Å². The third kappa shape index (κ3) is 14.4. The minimum atomic E-state index is -0.0503. The van der Waals surface area contributed by atoms with Crippen LogP contribution < -0.4 is 31.1 Å². The largest absolute Gasteiger partial charge is 0.368 e. The Morgan fingerprint density at radius 1 is 0.510 bits per heavy atom. The van der Waals surface area contributed by atoms with E-state index >= 15 is 0 Å². The zero-order chi connectivity index (χ0) is 68.4. The molecule has 0 radical (unpaired) electrons. The second kappa shape index (κ2) is 29.0. The minimum Gasteiger partial charge on any atom is -0.368 e. The SMILES string of the molecule is CC(C)n1ncc2c1-c1nc(Nc3ccc(N4CCNCC4)cn3)ncc1CC2(C)C.CCN1CCN(Cc2ccc(Nc3ncc4c(n3)-c3c(nn(CC)c3C(C)C)C(C)(C)C4)nc2)CC1.CCn1nc2c(c1C(C)C)-c1nc(Cc3ccc(N4CCNCC4)cn3)ncc1CC2. The summed E-state index contributed by atoms with van der Waals surface area (Å²) in [6.45, 7) is 45.4. The molecule has 3 aliphatic heterocycles. The Labute approximate surface area is 578 Å². The monoisotopic (exact) mass is 1320 g/mol. The quantitative estimate of drug-likeness (QED) is 0.0704. The first-order chi connectivity index (χ1) is 47.3. The van der Waals surface area contributed by atoms with Crippen molar-refractivity contribution < 1.29 is 0 Å². The number of aromatic nitrogens is 15. The fourth-order valence-corrected chi connectivity index (χ4v) is 14.9. The highest BCUT2D eigenvalue weighted by Gasteiger charge is 2.40. The fourth-order valence-electron chi connectivity index (χ4n) is 14.9. The third-order valence-electron chi connectivity index (χ3n) is 20.1. The van der Waals surface area contributed by atoms with Crippen LogP contribution in [-0.4, -0.2) is 169 Å². The van der Waals surface area contributed by atoms with Crippen LogP contribution in [-0.2, 0) is 62.6 Å². The molecule has 0 spiro atoms. The van der Waals surface area contributed by atoms with E-state index in [0.29, 0.717) is 30.2 Å². The highest BCUT2D eigenvalue weighted by Crippen LogP contribution is 2.47. The summed E-state index contributed by atoms with van der Waals surface area (Å²) in [4.78, 5) is 52.6. The van der Waals surface area contributed by atoms with Gasteiger partial charge in [-0.1, -0.05) is 68.4 Å². The van der Waals surface area contributed by atoms with Crippen LogP contribution in [0.25, 0.3) is 33.9 Å². The van der Waals surface area contributed by atoms with Gasteiger partial charge in [-0.3, -0.25) is 23.9 Å². The topological polar surface area (TPSA) is 231 Å². The predicted octanol–water partition coefficient (Wildman–Crippen LogP) is 10.9. The van der Waals surface area contributed by atoms with Crippen molar-refractivity contribution in [3.63, 3.8) is 0 Å². The highest BCUT2D eigenvalue weighted by molar-refractivity contribution is 5.75. The number of likely N-dealkylation sites (N-methyl/N-ethyl adjacent to an activating group) is 1. The molecule has 0 atom stereocenters. The second-order valence-electron chi connectivity index (χ2n) is 29.2. The third-order valence-corrected chi connectivity index (χ3v) is 20.1. The van der Waals surface area contributed by atoms with Crippen molar-refractivity contribution in [1.82, 2.24) is 94.6 Å². The average molecular weight is 1320 g/mol. The van der Waals surface area contributed by atoms with Crippen molar-refractivity contribution in [2.45, 2.75) is 170 Å². The zero-order valence-corrected chi connectivity index (χ0v) is 60.1. The molecule has 3 fully saturated rings. The second-order valence-corrected chi connectivity index (χ2v) is 29.2. The Bertz CT molecular complexity index is 4200. The van der Waals surface area contributed by atoms with Crippen molar-refractivity contribution in [3.8, 4) is 33.9 Å². The summed E-state index contributed by atoms with van der Waals surface area (Å²) in [6, 6.07) is 12.8. The van der Waals surface area contributed by atoms with Crippen LogP contribution >= 0.6 is 0 Å². The number of aryl methyl sites for hydroxylation is 4. The van der Waals surface area contributed by atoms with Crippen LogP contribution in [0.1, 0.15) is 170 Å². The molecule has 3 saturated heterocycles. The lowest BCUT2D eigenvalue weighted by Gasteiger charge is -2.33. The summed E-state index contributed by atoms with van der Waals surface area (Å²) in [5.74, 6) is 4.23. The molecule has 0 unspecified atom stereocenters. The van der Waals surface area contributed by atoms with Gasteiger partial charge in [-0.25, -0.2) is 39.9 Å². The molecule has 3 aliphatic carbocycles. The van der Waals surface area contributed by atoms with Gasteiger partial charge < -0.3 is 36.0 Å². The van der Waals surface area contributed by atoms with Gasteiger partial charge in [-0.2, -0.15) is 15.3 Å². The number of fused-ring (bicyclic) bond motifs is 9. The van der Waals surface area contributed by atoms with E-state index < -0.39 is 0 Å². The maximum atomic E-state index is 5.04. The number of hydrogen-bond acceptors (Lipinski definition) is 20. The zero-order valence-electron chi connectivity index (χ0n) is 60.1. The Morgan fingerprint density at radius 2 is 1.07 bits per heavy atom. The van der Waals surface area contributed by atoms with Gasteiger partial charge in [0.15, 0.2) is 0 Å². The smallest absolute Gasteiger partial charge is 0.228 e. The number of nitrogens with zero attached hydrogens (tertiary/aromatic N) is 19. The first kappa shape index (κ1) is 67.9. The van der Waals surface area contributed by atoms with E-state index in [1.165, 1.54) is 56.1 Å². The summed E-state index contributed by atoms with van der Waals surface area (Å²) < 4.78 is 6.39. The van der Waals surface area contributed by atoms with Crippen LogP contribution in [0.4, 0.5) is 34.9 Å². The van der Waals surface area contributed by atoms with Gasteiger partial charge in [-0.15, -0.1) is 0 Å². The van der Waals surface area contributed by atoms with Gasteiger partial charge >= 0.3 is 0 Å². The van der Waals surface area contributed by atoms with E-state index in [1.807, 2.05) is 55.5 Å². The van der Waals surface area contributed by atoms with Crippen LogP contribution in [0.15, 0.2) is 79.8 Å². The van der Waals surface area contributed by atoms with Crippen LogP contribution in [0.5, 0.6) is 0 Å². The number of piperazine rings is 3. The maximum Gasteiger partial charge on any atom is 0.228 e. The van der Waals surface area contributed by atoms with Crippen molar-refractivity contribution in [2.24, 2.45) is 0 Å². The molecule has 6 aliphatic rings. The normalized spacial score (nSPS) is 17.0. The molecule has 9 aromatic heterocycles. The number of anilines is 6. The molecule has 0 amide bonds. The molecule has 9 aromatic rings. The van der Waals surface area contributed by atoms with Gasteiger partial charge in [0.1, 0.15) is 17.5 Å². The Kier molecular flexibility index (Phi) is 20.1. The summed E-state index contributed by atoms with van der Waals surface area (Å²) >= 11 is 0. The molecular weight excluding hydrogens is 1220 g/mol. The van der Waals surface area contributed by atoms with Gasteiger partial charge in [0, 0.05) is 157 Å². The summed E-state index contributed by atoms with van der Waals surface area (Å²) in [7, 11) is 0. The molecule has 0 aromatic carbocycles. The molecule has 23 heteroatoms. The molecule has 23 nitrogen and oxygen atoms in total. The van der Waals surface area contributed by atoms with E-state index in [9.17, 15) is 0 Å². The lowest BCUT2D eigenvalue weighted by atomic mass is 9.74. The standard InChI is InChI=1S/C28H40N8.C24H31N7.C23H30N8/c1-7-34-11-13-35(14-12-34)18-20-9-10-22(29-16-20)31-27-30-17-21-15-28(5,6)26-23(24(21)32-27)25(19(3)4)36(8-2)33-26;1-4-31-24(16(2)3)22-20(29-31)8-5-17-14-27-21(28-23(17)22)13-18-6-7-19(15-26-18)30-11-9-25-10-12-30;1-15(2)31-21-18(14-27-31)23(3,4)11-16-12-26-22(29-20(16)21)28-19-6-5-17(13-25-19)30-9-7-24-8-10-30/h9-10,16-17,19H,7-8,11-15,18H2,1-6H3,(H,29,30,31,32);6-7,14-16,25H,4-5,8-13H2,1-3H3;5-6,12-15,24H,7-11H2,1-4H3,(H,25,26,28,29). The van der Waals surface area contributed by atoms with E-state index in [0.717, 1.165) is 193 Å². The summed E-state index contributed by atoms with van der Waals surface area (Å²) in [6.07, 6.45) is 18.2. The molecular formula is C75H101N23. The van der Waals surface area contributed by atoms with E-state index in [4.69, 9.17) is 30.1 Å². The van der Waals surface area contributed by atoms with E-state index in [-0.39, 0.29) is 16.9 Å². The molecule has 0 bridgehead atoms. The van der Waals surface area contributed by atoms with E-state index in [1.54, 1.807) is 0 Å². The molecule has 516 valence electrons. The minimum absolute atomic E-state index is 0.00906. The lowest BCUT2D eigenvalue weighted by molar-refractivity contribution is 0.132. The van der Waals surface area contributed by atoms with Crippen molar-refractivity contribution in [1.29, 1.82) is 0 Å². The molecule has 98 heavy (non-hydrogen) atoms. The van der Waals surface area contributed by atoms with Crippen molar-refractivity contribution in [3.05, 3.63) is 142 Å². The van der Waals surface area contributed by atoms with Gasteiger partial charge in [0.2, 0.25) is 11.9 Å². The van der Waals surface area contributed by atoms with E-state index in [2.05, 4.69) is 199 Å². The number of hydrogen-bond donors (Lipinski definition) is 4. The molecule has 4 N–H and O–H groups in total. The molecule has 0 saturated carbocycles.